The second-order valence-electron chi connectivity index (χ2n) is 6.67. The Kier molecular flexibility index (Phi) is 5.41. The molecular formula is C22H21N4O3S+. The summed E-state index contributed by atoms with van der Waals surface area (Å²) in [5.41, 5.74) is 2.15. The van der Waals surface area contributed by atoms with Gasteiger partial charge >= 0.3 is 11.3 Å². The minimum atomic E-state index is -0.672. The van der Waals surface area contributed by atoms with Crippen molar-refractivity contribution in [2.24, 2.45) is 0 Å². The number of hydrogen-bond acceptors (Lipinski definition) is 5. The normalized spacial score (nSPS) is 14.6. The molecule has 152 valence electrons. The van der Waals surface area contributed by atoms with Crippen LogP contribution in [0.4, 0.5) is 5.69 Å². The summed E-state index contributed by atoms with van der Waals surface area (Å²) >= 11 is 1.37. The van der Waals surface area contributed by atoms with Gasteiger partial charge < -0.3 is 4.74 Å². The number of H-pyrrole nitrogens is 1. The largest absolute Gasteiger partial charge is 0.496 e. The van der Waals surface area contributed by atoms with Gasteiger partial charge in [-0.2, -0.15) is 0 Å². The van der Waals surface area contributed by atoms with Crippen LogP contribution in [-0.4, -0.2) is 28.9 Å². The highest BCUT2D eigenvalue weighted by Crippen LogP contribution is 2.39. The fourth-order valence-electron chi connectivity index (χ4n) is 3.68. The molecule has 3 aromatic rings. The van der Waals surface area contributed by atoms with E-state index in [9.17, 15) is 9.59 Å². The highest BCUT2D eigenvalue weighted by atomic mass is 32.2. The number of methoxy groups -OCH3 is 1. The molecule has 2 aromatic carbocycles. The average molecular weight is 422 g/mol. The molecule has 1 aliphatic rings. The van der Waals surface area contributed by atoms with E-state index < -0.39 is 6.17 Å². The fraction of sp³-hybridized carbons (Fsp3) is 0.182. The lowest BCUT2D eigenvalue weighted by Crippen LogP contribution is -2.60. The van der Waals surface area contributed by atoms with Crippen molar-refractivity contribution in [3.63, 3.8) is 0 Å². The quantitative estimate of drug-likeness (QED) is 0.389. The number of carbonyl (C=O) groups is 1. The second kappa shape index (κ2) is 8.16. The molecule has 1 amide bonds. The van der Waals surface area contributed by atoms with Crippen molar-refractivity contribution in [3.8, 4) is 17.0 Å². The number of para-hydroxylation sites is 2. The molecule has 4 rings (SSSR count). The number of aromatic amines is 1. The molecule has 0 aliphatic carbocycles. The van der Waals surface area contributed by atoms with Crippen LogP contribution in [0.15, 0.2) is 71.1 Å². The van der Waals surface area contributed by atoms with Gasteiger partial charge in [-0.15, -0.1) is 6.58 Å². The van der Waals surface area contributed by atoms with Crippen molar-refractivity contribution in [2.75, 3.05) is 17.8 Å². The predicted octanol–water partition coefficient (Wildman–Crippen LogP) is 2.92. The number of benzene rings is 2. The minimum Gasteiger partial charge on any atom is -0.496 e. The first-order chi connectivity index (χ1) is 14.6. The monoisotopic (exact) mass is 421 g/mol. The van der Waals surface area contributed by atoms with E-state index in [2.05, 4.69) is 11.6 Å². The van der Waals surface area contributed by atoms with E-state index in [4.69, 9.17) is 9.84 Å². The first kappa shape index (κ1) is 19.9. The van der Waals surface area contributed by atoms with Crippen LogP contribution >= 0.6 is 11.8 Å². The molecule has 0 fully saturated rings. The van der Waals surface area contributed by atoms with Gasteiger partial charge in [0, 0.05) is 17.8 Å². The number of nitrogens with zero attached hydrogens (tertiary/aromatic N) is 3. The van der Waals surface area contributed by atoms with Gasteiger partial charge in [0.2, 0.25) is 11.1 Å². The van der Waals surface area contributed by atoms with Gasteiger partial charge in [-0.05, 0) is 28.9 Å². The Morgan fingerprint density at radius 1 is 1.30 bits per heavy atom. The summed E-state index contributed by atoms with van der Waals surface area (Å²) < 4.78 is 7.19. The smallest absolute Gasteiger partial charge is 0.325 e. The number of aromatic nitrogens is 3. The molecule has 1 aliphatic heterocycles. The highest BCUT2D eigenvalue weighted by Gasteiger charge is 2.45. The first-order valence-electron chi connectivity index (χ1n) is 9.38. The van der Waals surface area contributed by atoms with E-state index in [0.29, 0.717) is 33.6 Å². The molecule has 0 radical (unpaired) electrons. The van der Waals surface area contributed by atoms with Gasteiger partial charge in [0.25, 0.3) is 6.17 Å². The van der Waals surface area contributed by atoms with Crippen LogP contribution in [-0.2, 0) is 4.79 Å². The van der Waals surface area contributed by atoms with E-state index >= 15 is 0 Å². The molecule has 8 heteroatoms. The van der Waals surface area contributed by atoms with Gasteiger partial charge in [-0.3, -0.25) is 14.6 Å². The number of carbonyl (C=O) groups excluding carboxylic acids is 1. The van der Waals surface area contributed by atoms with E-state index in [-0.39, 0.29) is 11.5 Å². The van der Waals surface area contributed by atoms with Crippen molar-refractivity contribution in [3.05, 3.63) is 77.1 Å². The number of ether oxygens (including phenoxy) is 1. The fourth-order valence-corrected chi connectivity index (χ4v) is 4.26. The van der Waals surface area contributed by atoms with Crippen molar-refractivity contribution in [1.82, 2.24) is 10.1 Å². The van der Waals surface area contributed by atoms with E-state index in [1.54, 1.807) is 22.8 Å². The number of hydrogen-bond donors (Lipinski definition) is 1. The molecule has 0 spiro atoms. The predicted molar refractivity (Wildman–Crippen MR) is 116 cm³/mol. The first-order valence-corrected chi connectivity index (χ1v) is 10.4. The minimum absolute atomic E-state index is 0.168. The third-order valence-electron chi connectivity index (χ3n) is 4.85. The number of amides is 1. The lowest BCUT2D eigenvalue weighted by molar-refractivity contribution is -0.763. The average Bonchev–Trinajstić information content (AvgIpc) is 2.76. The van der Waals surface area contributed by atoms with Crippen LogP contribution in [0.25, 0.3) is 11.3 Å². The Bertz CT molecular complexity index is 1190. The molecule has 1 N–H and O–H groups in total. The molecule has 0 saturated carbocycles. The second-order valence-corrected chi connectivity index (χ2v) is 7.68. The van der Waals surface area contributed by atoms with E-state index in [0.717, 1.165) is 5.56 Å². The summed E-state index contributed by atoms with van der Waals surface area (Å²) in [6, 6.07) is 14.8. The highest BCUT2D eigenvalue weighted by molar-refractivity contribution is 7.99. The summed E-state index contributed by atoms with van der Waals surface area (Å²) in [7, 11) is 1.58. The maximum atomic E-state index is 13.1. The van der Waals surface area contributed by atoms with Crippen LogP contribution in [0.2, 0.25) is 0 Å². The topological polar surface area (TPSA) is 79.2 Å². The molecule has 1 aromatic heterocycles. The molecule has 0 bridgehead atoms. The summed E-state index contributed by atoms with van der Waals surface area (Å²) in [5.74, 6) is 1.03. The zero-order chi connectivity index (χ0) is 21.3. The Balaban J connectivity index is 2.06. The maximum absolute atomic E-state index is 13.1. The Morgan fingerprint density at radius 2 is 2.03 bits per heavy atom. The summed E-state index contributed by atoms with van der Waals surface area (Å²) in [6.45, 7) is 5.22. The number of anilines is 1. The maximum Gasteiger partial charge on any atom is 0.325 e. The number of rotatable bonds is 5. The van der Waals surface area contributed by atoms with Crippen LogP contribution in [0.1, 0.15) is 18.7 Å². The Morgan fingerprint density at radius 3 is 2.77 bits per heavy atom. The molecule has 30 heavy (non-hydrogen) atoms. The van der Waals surface area contributed by atoms with Gasteiger partial charge in [-0.25, -0.2) is 4.90 Å². The zero-order valence-electron chi connectivity index (χ0n) is 16.7. The summed E-state index contributed by atoms with van der Waals surface area (Å²) in [4.78, 5) is 30.5. The lowest BCUT2D eigenvalue weighted by Gasteiger charge is -2.31. The van der Waals surface area contributed by atoms with Gasteiger partial charge in [0.15, 0.2) is 0 Å². The van der Waals surface area contributed by atoms with Crippen molar-refractivity contribution in [1.29, 1.82) is 0 Å². The summed E-state index contributed by atoms with van der Waals surface area (Å²) in [6.07, 6.45) is 1.07. The third kappa shape index (κ3) is 3.29. The van der Waals surface area contributed by atoms with E-state index in [1.807, 2.05) is 48.5 Å². The lowest BCUT2D eigenvalue weighted by atomic mass is 10.0. The summed E-state index contributed by atoms with van der Waals surface area (Å²) in [5, 5.41) is 5.15. The SMILES string of the molecule is C=CCSc1n[n+]2c(c(=O)[nH]1)-c1ccccc1N(C(C)=O)C2c1ccccc1OC. The number of thioether (sulfide) groups is 1. The molecule has 2 heterocycles. The number of nitrogens with one attached hydrogen (secondary N) is 1. The van der Waals surface area contributed by atoms with Crippen molar-refractivity contribution in [2.45, 2.75) is 18.2 Å². The molecular weight excluding hydrogens is 400 g/mol. The van der Waals surface area contributed by atoms with Crippen LogP contribution < -0.4 is 19.9 Å². The number of fused-ring (bicyclic) bond motifs is 3. The van der Waals surface area contributed by atoms with Crippen molar-refractivity contribution >= 4 is 23.4 Å². The molecule has 7 nitrogen and oxygen atoms in total. The van der Waals surface area contributed by atoms with E-state index in [1.165, 1.54) is 18.7 Å². The van der Waals surface area contributed by atoms with Crippen molar-refractivity contribution < 1.29 is 14.2 Å². The van der Waals surface area contributed by atoms with Crippen LogP contribution in [0, 0.1) is 0 Å². The Labute approximate surface area is 178 Å². The van der Waals surface area contributed by atoms with Crippen LogP contribution in [0.5, 0.6) is 5.75 Å². The Hall–Kier alpha value is -3.39. The standard InChI is InChI=1S/C22H20N4O3S/c1-4-13-30-22-23-20(28)19-15-9-5-7-11-17(15)25(14(2)27)21(26(19)24-22)16-10-6-8-12-18(16)29-3/h4-12,21H,1,13H2,2-3H3/p+1. The molecule has 1 unspecified atom stereocenters. The third-order valence-corrected chi connectivity index (χ3v) is 5.71. The molecule has 1 atom stereocenters. The zero-order valence-corrected chi connectivity index (χ0v) is 17.5. The van der Waals surface area contributed by atoms with Crippen LogP contribution in [0.3, 0.4) is 0 Å². The van der Waals surface area contributed by atoms with Gasteiger partial charge in [0.05, 0.1) is 23.9 Å². The molecule has 0 saturated heterocycles. The van der Waals surface area contributed by atoms with Gasteiger partial charge in [-0.1, -0.05) is 42.1 Å². The van der Waals surface area contributed by atoms with Gasteiger partial charge in [0.1, 0.15) is 5.75 Å².